The Morgan fingerprint density at radius 1 is 1.25 bits per heavy atom. The van der Waals surface area contributed by atoms with Crippen molar-refractivity contribution in [3.05, 3.63) is 62.6 Å². The standard InChI is InChI=1S/C21H21BrN4O2/c1-12(2)20-17-9-15(22)6-7-16(17)21(28)26(25-20)11-19(27)24-18-8-5-14(10-23-18)13-3-4-13/h5-10,12-13H,3-4,11H2,1-2H3,(H,23,24,27). The number of nitrogens with zero attached hydrogens (tertiary/aromatic N) is 3. The van der Waals surface area contributed by atoms with Gasteiger partial charge in [0.05, 0.1) is 11.1 Å². The van der Waals surface area contributed by atoms with Crippen LogP contribution in [0, 0.1) is 0 Å². The van der Waals surface area contributed by atoms with E-state index in [1.165, 1.54) is 23.1 Å². The minimum Gasteiger partial charge on any atom is -0.309 e. The Labute approximate surface area is 171 Å². The third kappa shape index (κ3) is 3.85. The van der Waals surface area contributed by atoms with Crippen molar-refractivity contribution < 1.29 is 4.79 Å². The Morgan fingerprint density at radius 3 is 2.68 bits per heavy atom. The van der Waals surface area contributed by atoms with Crippen LogP contribution in [0.25, 0.3) is 10.8 Å². The molecule has 1 fully saturated rings. The van der Waals surface area contributed by atoms with Gasteiger partial charge in [-0.25, -0.2) is 9.67 Å². The van der Waals surface area contributed by atoms with Crippen LogP contribution >= 0.6 is 15.9 Å². The van der Waals surface area contributed by atoms with E-state index in [0.29, 0.717) is 17.1 Å². The second-order valence-corrected chi connectivity index (χ2v) is 8.41. The zero-order valence-electron chi connectivity index (χ0n) is 15.8. The van der Waals surface area contributed by atoms with Gasteiger partial charge >= 0.3 is 0 Å². The molecular formula is C21H21BrN4O2. The number of nitrogens with one attached hydrogen (secondary N) is 1. The Bertz CT molecular complexity index is 1100. The van der Waals surface area contributed by atoms with Gasteiger partial charge in [0.15, 0.2) is 0 Å². The lowest BCUT2D eigenvalue weighted by Gasteiger charge is -2.13. The first-order valence-corrected chi connectivity index (χ1v) is 10.2. The fourth-order valence-corrected chi connectivity index (χ4v) is 3.63. The van der Waals surface area contributed by atoms with Crippen LogP contribution in [0.15, 0.2) is 45.8 Å². The van der Waals surface area contributed by atoms with E-state index in [1.54, 1.807) is 12.1 Å². The molecule has 2 aromatic heterocycles. The molecule has 4 rings (SSSR count). The predicted molar refractivity (Wildman–Crippen MR) is 113 cm³/mol. The van der Waals surface area contributed by atoms with Crippen LogP contribution in [0.4, 0.5) is 5.82 Å². The molecule has 1 aliphatic rings. The summed E-state index contributed by atoms with van der Waals surface area (Å²) in [5, 5.41) is 8.59. The van der Waals surface area contributed by atoms with Crippen molar-refractivity contribution in [1.82, 2.24) is 14.8 Å². The van der Waals surface area contributed by atoms with Crippen LogP contribution < -0.4 is 10.9 Å². The molecule has 0 atom stereocenters. The average molecular weight is 441 g/mol. The van der Waals surface area contributed by atoms with E-state index in [0.717, 1.165) is 15.6 Å². The third-order valence-electron chi connectivity index (χ3n) is 4.89. The van der Waals surface area contributed by atoms with Crippen molar-refractivity contribution in [1.29, 1.82) is 0 Å². The zero-order chi connectivity index (χ0) is 19.8. The van der Waals surface area contributed by atoms with Gasteiger partial charge in [0.1, 0.15) is 12.4 Å². The highest BCUT2D eigenvalue weighted by molar-refractivity contribution is 9.10. The summed E-state index contributed by atoms with van der Waals surface area (Å²) in [5.41, 5.74) is 1.72. The highest BCUT2D eigenvalue weighted by Crippen LogP contribution is 2.39. The maximum atomic E-state index is 12.8. The number of hydrogen-bond donors (Lipinski definition) is 1. The van der Waals surface area contributed by atoms with Crippen LogP contribution in [-0.2, 0) is 11.3 Å². The summed E-state index contributed by atoms with van der Waals surface area (Å²) in [6, 6.07) is 9.29. The maximum Gasteiger partial charge on any atom is 0.275 e. The van der Waals surface area contributed by atoms with Crippen LogP contribution in [-0.4, -0.2) is 20.7 Å². The number of pyridine rings is 1. The van der Waals surface area contributed by atoms with E-state index in [2.05, 4.69) is 31.3 Å². The lowest BCUT2D eigenvalue weighted by atomic mass is 10.0. The SMILES string of the molecule is CC(C)c1nn(CC(=O)Nc2ccc(C3CC3)cn2)c(=O)c2ccc(Br)cc12. The predicted octanol–water partition coefficient (Wildman–Crippen LogP) is 4.19. The minimum absolute atomic E-state index is 0.114. The van der Waals surface area contributed by atoms with Crippen molar-refractivity contribution in [2.24, 2.45) is 0 Å². The molecule has 0 radical (unpaired) electrons. The number of amides is 1. The van der Waals surface area contributed by atoms with Gasteiger partial charge in [-0.05, 0) is 54.5 Å². The number of carbonyl (C=O) groups is 1. The monoisotopic (exact) mass is 440 g/mol. The van der Waals surface area contributed by atoms with Gasteiger partial charge < -0.3 is 5.32 Å². The number of rotatable bonds is 5. The molecule has 6 nitrogen and oxygen atoms in total. The first-order chi connectivity index (χ1) is 13.4. The molecule has 2 heterocycles. The van der Waals surface area contributed by atoms with Gasteiger partial charge in [-0.3, -0.25) is 9.59 Å². The molecule has 0 bridgehead atoms. The topological polar surface area (TPSA) is 76.9 Å². The molecule has 7 heteroatoms. The fourth-order valence-electron chi connectivity index (χ4n) is 3.27. The van der Waals surface area contributed by atoms with E-state index < -0.39 is 0 Å². The number of benzene rings is 1. The minimum atomic E-state index is -0.326. The summed E-state index contributed by atoms with van der Waals surface area (Å²) in [6.07, 6.45) is 4.22. The fraction of sp³-hybridized carbons (Fsp3) is 0.333. The molecule has 0 spiro atoms. The largest absolute Gasteiger partial charge is 0.309 e. The highest BCUT2D eigenvalue weighted by atomic mass is 79.9. The third-order valence-corrected chi connectivity index (χ3v) is 5.39. The normalized spacial score (nSPS) is 13.9. The van der Waals surface area contributed by atoms with E-state index in [1.807, 2.05) is 38.2 Å². The van der Waals surface area contributed by atoms with Crippen LogP contribution in [0.2, 0.25) is 0 Å². The van der Waals surface area contributed by atoms with Crippen molar-refractivity contribution >= 4 is 38.4 Å². The van der Waals surface area contributed by atoms with E-state index in [4.69, 9.17) is 0 Å². The van der Waals surface area contributed by atoms with E-state index in [-0.39, 0.29) is 23.9 Å². The zero-order valence-corrected chi connectivity index (χ0v) is 17.4. The van der Waals surface area contributed by atoms with Gasteiger partial charge in [-0.1, -0.05) is 35.8 Å². The van der Waals surface area contributed by atoms with Gasteiger partial charge in [-0.15, -0.1) is 0 Å². The van der Waals surface area contributed by atoms with Gasteiger partial charge in [0.2, 0.25) is 5.91 Å². The Morgan fingerprint density at radius 2 is 2.04 bits per heavy atom. The summed E-state index contributed by atoms with van der Waals surface area (Å²) in [6.45, 7) is 3.88. The molecule has 144 valence electrons. The van der Waals surface area contributed by atoms with Crippen molar-refractivity contribution in [2.75, 3.05) is 5.32 Å². The summed E-state index contributed by atoms with van der Waals surface area (Å²) < 4.78 is 2.12. The smallest absolute Gasteiger partial charge is 0.275 e. The van der Waals surface area contributed by atoms with Crippen LogP contribution in [0.5, 0.6) is 0 Å². The quantitative estimate of drug-likeness (QED) is 0.644. The summed E-state index contributed by atoms with van der Waals surface area (Å²) in [7, 11) is 0. The first-order valence-electron chi connectivity index (χ1n) is 9.38. The number of anilines is 1. The molecule has 0 aliphatic heterocycles. The maximum absolute atomic E-state index is 12.8. The number of carbonyl (C=O) groups excluding carboxylic acids is 1. The van der Waals surface area contributed by atoms with Crippen LogP contribution in [0.3, 0.4) is 0 Å². The number of hydrogen-bond acceptors (Lipinski definition) is 4. The molecule has 28 heavy (non-hydrogen) atoms. The molecule has 0 saturated heterocycles. The molecule has 1 N–H and O–H groups in total. The second kappa shape index (κ2) is 7.47. The Kier molecular flexibility index (Phi) is 5.02. The molecule has 1 saturated carbocycles. The molecule has 1 amide bonds. The summed E-state index contributed by atoms with van der Waals surface area (Å²) in [4.78, 5) is 29.6. The summed E-state index contributed by atoms with van der Waals surface area (Å²) in [5.74, 6) is 0.888. The summed E-state index contributed by atoms with van der Waals surface area (Å²) >= 11 is 3.45. The molecule has 1 aromatic carbocycles. The van der Waals surface area contributed by atoms with Gasteiger partial charge in [0, 0.05) is 16.1 Å². The van der Waals surface area contributed by atoms with Crippen LogP contribution in [0.1, 0.15) is 49.8 Å². The Hall–Kier alpha value is -2.54. The van der Waals surface area contributed by atoms with E-state index in [9.17, 15) is 9.59 Å². The number of halogens is 1. The molecule has 1 aliphatic carbocycles. The average Bonchev–Trinajstić information content (AvgIpc) is 3.49. The van der Waals surface area contributed by atoms with Crippen molar-refractivity contribution in [3.8, 4) is 0 Å². The second-order valence-electron chi connectivity index (χ2n) is 7.49. The van der Waals surface area contributed by atoms with Crippen molar-refractivity contribution in [2.45, 2.75) is 45.1 Å². The van der Waals surface area contributed by atoms with Gasteiger partial charge in [-0.2, -0.15) is 5.10 Å². The van der Waals surface area contributed by atoms with E-state index >= 15 is 0 Å². The van der Waals surface area contributed by atoms with Gasteiger partial charge in [0.25, 0.3) is 5.56 Å². The lowest BCUT2D eigenvalue weighted by Crippen LogP contribution is -2.31. The first kappa shape index (κ1) is 18.8. The van der Waals surface area contributed by atoms with Crippen molar-refractivity contribution in [3.63, 3.8) is 0 Å². The Balaban J connectivity index is 1.59. The molecular weight excluding hydrogens is 420 g/mol. The number of fused-ring (bicyclic) bond motifs is 1. The molecule has 3 aromatic rings. The highest BCUT2D eigenvalue weighted by Gasteiger charge is 2.23. The molecule has 0 unspecified atom stereocenters. The lowest BCUT2D eigenvalue weighted by molar-refractivity contribution is -0.117. The number of aromatic nitrogens is 3.